The van der Waals surface area contributed by atoms with Gasteiger partial charge in [-0.3, -0.25) is 4.90 Å². The van der Waals surface area contributed by atoms with Crippen molar-refractivity contribution in [3.63, 3.8) is 0 Å². The molecular formula is C19H29NO2. The molecule has 3 rings (SSSR count). The van der Waals surface area contributed by atoms with E-state index in [1.807, 2.05) is 0 Å². The molecule has 3 nitrogen and oxygen atoms in total. The van der Waals surface area contributed by atoms with Gasteiger partial charge in [-0.25, -0.2) is 0 Å². The number of hydrogen-bond acceptors (Lipinski definition) is 3. The van der Waals surface area contributed by atoms with Crippen molar-refractivity contribution in [2.24, 2.45) is 11.3 Å². The summed E-state index contributed by atoms with van der Waals surface area (Å²) in [5, 5.41) is 9.85. The molecule has 0 spiro atoms. The number of unbranched alkanes of at least 4 members (excludes halogenated alkanes) is 1. The van der Waals surface area contributed by atoms with Crippen LogP contribution in [0.2, 0.25) is 0 Å². The van der Waals surface area contributed by atoms with Crippen LogP contribution in [0.5, 0.6) is 0 Å². The number of benzene rings is 1. The second kappa shape index (κ2) is 7.12. The highest BCUT2D eigenvalue weighted by Gasteiger charge is 2.47. The third-order valence-electron chi connectivity index (χ3n) is 5.45. The number of hydrogen-bond donors (Lipinski definition) is 1. The van der Waals surface area contributed by atoms with Crippen LogP contribution in [0, 0.1) is 11.3 Å². The zero-order valence-electron chi connectivity index (χ0n) is 13.8. The lowest BCUT2D eigenvalue weighted by atomic mass is 9.76. The van der Waals surface area contributed by atoms with E-state index >= 15 is 0 Å². The minimum Gasteiger partial charge on any atom is -0.396 e. The number of aryl methyl sites for hydroxylation is 1. The van der Waals surface area contributed by atoms with Crippen LogP contribution in [0.25, 0.3) is 0 Å². The van der Waals surface area contributed by atoms with Crippen molar-refractivity contribution in [1.29, 1.82) is 0 Å². The number of fused-ring (bicyclic) bond motifs is 1. The molecule has 2 aliphatic heterocycles. The molecule has 2 aliphatic rings. The van der Waals surface area contributed by atoms with Crippen molar-refractivity contribution >= 4 is 0 Å². The van der Waals surface area contributed by atoms with E-state index in [0.717, 1.165) is 39.3 Å². The summed E-state index contributed by atoms with van der Waals surface area (Å²) in [5.74, 6) is 0.593. The Labute approximate surface area is 134 Å². The predicted molar refractivity (Wildman–Crippen MR) is 88.8 cm³/mol. The monoisotopic (exact) mass is 303 g/mol. The molecule has 2 saturated heterocycles. The van der Waals surface area contributed by atoms with E-state index in [-0.39, 0.29) is 12.0 Å². The first-order valence-electron chi connectivity index (χ1n) is 8.74. The van der Waals surface area contributed by atoms with Crippen molar-refractivity contribution in [3.8, 4) is 0 Å². The van der Waals surface area contributed by atoms with E-state index in [4.69, 9.17) is 4.74 Å². The van der Waals surface area contributed by atoms with Crippen LogP contribution in [0.4, 0.5) is 0 Å². The van der Waals surface area contributed by atoms with Gasteiger partial charge in [0.15, 0.2) is 0 Å². The molecule has 0 aromatic heterocycles. The Morgan fingerprint density at radius 2 is 2.05 bits per heavy atom. The summed E-state index contributed by atoms with van der Waals surface area (Å²) in [5.41, 5.74) is 2.81. The van der Waals surface area contributed by atoms with E-state index < -0.39 is 0 Å². The number of nitrogens with zero attached hydrogens (tertiary/aromatic N) is 1. The second-order valence-corrected chi connectivity index (χ2v) is 7.15. The molecule has 0 aliphatic carbocycles. The summed E-state index contributed by atoms with van der Waals surface area (Å²) >= 11 is 0. The minimum absolute atomic E-state index is 0.0146. The fourth-order valence-corrected chi connectivity index (χ4v) is 4.00. The normalized spacial score (nSPS) is 28.7. The summed E-state index contributed by atoms with van der Waals surface area (Å²) in [7, 11) is 0. The molecule has 2 fully saturated rings. The smallest absolute Gasteiger partial charge is 0.0559 e. The molecule has 3 heteroatoms. The maximum absolute atomic E-state index is 9.85. The molecule has 0 radical (unpaired) electrons. The third kappa shape index (κ3) is 3.37. The SMILES string of the molecule is CCCCc1ccc(CN2C[C@@H]3CCOC[C@]3(CO)C2)cc1. The van der Waals surface area contributed by atoms with Gasteiger partial charge in [-0.1, -0.05) is 37.6 Å². The number of likely N-dealkylation sites (tertiary alicyclic amines) is 1. The molecule has 0 saturated carbocycles. The lowest BCUT2D eigenvalue weighted by Gasteiger charge is -2.36. The zero-order valence-corrected chi connectivity index (χ0v) is 13.8. The Bertz CT molecular complexity index is 473. The Morgan fingerprint density at radius 3 is 2.73 bits per heavy atom. The van der Waals surface area contributed by atoms with Crippen LogP contribution >= 0.6 is 0 Å². The van der Waals surface area contributed by atoms with Crippen LogP contribution in [0.3, 0.4) is 0 Å². The topological polar surface area (TPSA) is 32.7 Å². The van der Waals surface area contributed by atoms with Crippen molar-refractivity contribution in [3.05, 3.63) is 35.4 Å². The number of aliphatic hydroxyl groups is 1. The van der Waals surface area contributed by atoms with Gasteiger partial charge in [-0.2, -0.15) is 0 Å². The van der Waals surface area contributed by atoms with E-state index in [2.05, 4.69) is 36.1 Å². The van der Waals surface area contributed by atoms with Gasteiger partial charge in [0.2, 0.25) is 0 Å². The maximum atomic E-state index is 9.85. The summed E-state index contributed by atoms with van der Waals surface area (Å²) in [6.45, 7) is 7.12. The summed E-state index contributed by atoms with van der Waals surface area (Å²) in [4.78, 5) is 2.50. The predicted octanol–water partition coefficient (Wildman–Crippen LogP) is 2.86. The first-order chi connectivity index (χ1) is 10.8. The van der Waals surface area contributed by atoms with Crippen molar-refractivity contribution < 1.29 is 9.84 Å². The van der Waals surface area contributed by atoms with E-state index in [1.54, 1.807) is 0 Å². The molecule has 0 amide bonds. The number of rotatable bonds is 6. The van der Waals surface area contributed by atoms with Crippen LogP contribution in [-0.4, -0.2) is 42.9 Å². The number of ether oxygens (including phenoxy) is 1. The number of aliphatic hydroxyl groups excluding tert-OH is 1. The Hall–Kier alpha value is -0.900. The van der Waals surface area contributed by atoms with Gasteiger partial charge in [-0.15, -0.1) is 0 Å². The highest BCUT2D eigenvalue weighted by molar-refractivity contribution is 5.23. The Balaban J connectivity index is 1.59. The van der Waals surface area contributed by atoms with Gasteiger partial charge in [0.05, 0.1) is 13.2 Å². The quantitative estimate of drug-likeness (QED) is 0.877. The lowest BCUT2D eigenvalue weighted by Crippen LogP contribution is -2.42. The first kappa shape index (κ1) is 16.0. The highest BCUT2D eigenvalue weighted by Crippen LogP contribution is 2.41. The van der Waals surface area contributed by atoms with Crippen LogP contribution < -0.4 is 0 Å². The van der Waals surface area contributed by atoms with Crippen LogP contribution in [-0.2, 0) is 17.7 Å². The average Bonchev–Trinajstić information content (AvgIpc) is 2.92. The summed E-state index contributed by atoms with van der Waals surface area (Å²) in [6, 6.07) is 9.10. The van der Waals surface area contributed by atoms with Gasteiger partial charge in [0, 0.05) is 31.7 Å². The van der Waals surface area contributed by atoms with Gasteiger partial charge >= 0.3 is 0 Å². The Morgan fingerprint density at radius 1 is 1.27 bits per heavy atom. The van der Waals surface area contributed by atoms with Crippen LogP contribution in [0.15, 0.2) is 24.3 Å². The first-order valence-corrected chi connectivity index (χ1v) is 8.74. The second-order valence-electron chi connectivity index (χ2n) is 7.15. The molecule has 1 aromatic carbocycles. The molecule has 0 unspecified atom stereocenters. The van der Waals surface area contributed by atoms with Gasteiger partial charge < -0.3 is 9.84 Å². The van der Waals surface area contributed by atoms with Crippen LogP contribution in [0.1, 0.15) is 37.3 Å². The molecular weight excluding hydrogens is 274 g/mol. The highest BCUT2D eigenvalue weighted by atomic mass is 16.5. The molecule has 0 bridgehead atoms. The summed E-state index contributed by atoms with van der Waals surface area (Å²) < 4.78 is 5.64. The molecule has 2 heterocycles. The van der Waals surface area contributed by atoms with E-state index in [1.165, 1.54) is 30.4 Å². The van der Waals surface area contributed by atoms with Gasteiger partial charge in [-0.05, 0) is 36.3 Å². The molecule has 122 valence electrons. The van der Waals surface area contributed by atoms with Crippen molar-refractivity contribution in [1.82, 2.24) is 4.90 Å². The van der Waals surface area contributed by atoms with Gasteiger partial charge in [0.1, 0.15) is 0 Å². The minimum atomic E-state index is -0.0146. The Kier molecular flexibility index (Phi) is 5.17. The largest absolute Gasteiger partial charge is 0.396 e. The fraction of sp³-hybridized carbons (Fsp3) is 0.684. The zero-order chi connectivity index (χ0) is 15.4. The lowest BCUT2D eigenvalue weighted by molar-refractivity contribution is -0.0561. The molecule has 2 atom stereocenters. The third-order valence-corrected chi connectivity index (χ3v) is 5.45. The fourth-order valence-electron chi connectivity index (χ4n) is 4.00. The van der Waals surface area contributed by atoms with E-state index in [9.17, 15) is 5.11 Å². The van der Waals surface area contributed by atoms with Crippen molar-refractivity contribution in [2.45, 2.75) is 39.2 Å². The van der Waals surface area contributed by atoms with Crippen molar-refractivity contribution in [2.75, 3.05) is 32.9 Å². The van der Waals surface area contributed by atoms with Gasteiger partial charge in [0.25, 0.3) is 0 Å². The molecule has 1 N–H and O–H groups in total. The maximum Gasteiger partial charge on any atom is 0.0559 e. The average molecular weight is 303 g/mol. The van der Waals surface area contributed by atoms with E-state index in [0.29, 0.717) is 5.92 Å². The summed E-state index contributed by atoms with van der Waals surface area (Å²) in [6.07, 6.45) is 4.80. The molecule has 22 heavy (non-hydrogen) atoms. The molecule has 1 aromatic rings. The standard InChI is InChI=1S/C19H29NO2/c1-2-3-4-16-5-7-17(8-6-16)11-20-12-18-9-10-22-15-19(18,13-20)14-21/h5-8,18,21H,2-4,9-15H2,1H3/t18-,19+/m0/s1.